The Hall–Kier alpha value is 0.0800. The van der Waals surface area contributed by atoms with E-state index in [1.807, 2.05) is 0 Å². The maximum atomic E-state index is 6.01. The summed E-state index contributed by atoms with van der Waals surface area (Å²) in [6.45, 7) is 0. The van der Waals surface area contributed by atoms with Gasteiger partial charge in [-0.25, -0.2) is 0 Å². The van der Waals surface area contributed by atoms with Gasteiger partial charge in [-0.1, -0.05) is 36.0 Å². The summed E-state index contributed by atoms with van der Waals surface area (Å²) >= 11 is 16.2. The molecule has 1 nitrogen and oxygen atoms in total. The first-order valence-corrected chi connectivity index (χ1v) is 6.53. The van der Waals surface area contributed by atoms with Crippen LogP contribution in [-0.2, 0) is 6.42 Å². The van der Waals surface area contributed by atoms with E-state index in [-0.39, 0.29) is 0 Å². The third kappa shape index (κ3) is 4.62. The van der Waals surface area contributed by atoms with Gasteiger partial charge in [0.1, 0.15) is 0 Å². The maximum Gasteiger partial charge on any atom is 0.0636 e. The highest BCUT2D eigenvalue weighted by Gasteiger charge is 2.05. The third-order valence-electron chi connectivity index (χ3n) is 2.29. The number of aromatic nitrogens is 1. The van der Waals surface area contributed by atoms with Crippen molar-refractivity contribution >= 4 is 35.8 Å². The Kier molecular flexibility index (Phi) is 6.46. The van der Waals surface area contributed by atoms with Gasteiger partial charge >= 0.3 is 0 Å². The van der Waals surface area contributed by atoms with E-state index < -0.39 is 0 Å². The second-order valence-electron chi connectivity index (χ2n) is 3.47. The van der Waals surface area contributed by atoms with Gasteiger partial charge in [-0.05, 0) is 30.6 Å². The summed E-state index contributed by atoms with van der Waals surface area (Å²) < 4.78 is 0. The van der Waals surface area contributed by atoms with E-state index in [1.54, 1.807) is 12.4 Å². The predicted octanol–water partition coefficient (Wildman–Crippen LogP) is 4.42. The molecule has 4 heteroatoms. The van der Waals surface area contributed by atoms with Crippen molar-refractivity contribution < 1.29 is 0 Å². The first-order chi connectivity index (χ1) is 7.25. The van der Waals surface area contributed by atoms with Crippen LogP contribution in [0.5, 0.6) is 0 Å². The molecule has 1 heterocycles. The summed E-state index contributed by atoms with van der Waals surface area (Å²) in [4.78, 5) is 3.93. The van der Waals surface area contributed by atoms with Crippen molar-refractivity contribution in [2.75, 3.05) is 5.75 Å². The van der Waals surface area contributed by atoms with Gasteiger partial charge in [0.05, 0.1) is 10.0 Å². The molecule has 0 saturated carbocycles. The molecule has 0 aromatic carbocycles. The van der Waals surface area contributed by atoms with Crippen molar-refractivity contribution in [1.82, 2.24) is 4.98 Å². The Labute approximate surface area is 107 Å². The summed E-state index contributed by atoms with van der Waals surface area (Å²) in [5.74, 6) is 0.969. The SMILES string of the molecule is SCCCCCCc1c(Cl)cncc1Cl. The van der Waals surface area contributed by atoms with Crippen molar-refractivity contribution in [3.8, 4) is 0 Å². The van der Waals surface area contributed by atoms with Crippen LogP contribution in [0.15, 0.2) is 12.4 Å². The number of thiol groups is 1. The number of hydrogen-bond acceptors (Lipinski definition) is 2. The van der Waals surface area contributed by atoms with E-state index >= 15 is 0 Å². The fourth-order valence-electron chi connectivity index (χ4n) is 1.44. The topological polar surface area (TPSA) is 12.9 Å². The molecule has 1 aromatic heterocycles. The van der Waals surface area contributed by atoms with Crippen LogP contribution in [0.25, 0.3) is 0 Å². The molecule has 0 amide bonds. The van der Waals surface area contributed by atoms with Crippen LogP contribution >= 0.6 is 35.8 Å². The summed E-state index contributed by atoms with van der Waals surface area (Å²) in [7, 11) is 0. The highest BCUT2D eigenvalue weighted by Crippen LogP contribution is 2.24. The third-order valence-corrected chi connectivity index (χ3v) is 3.25. The van der Waals surface area contributed by atoms with Crippen LogP contribution in [0.2, 0.25) is 10.0 Å². The molecule has 0 bridgehead atoms. The fraction of sp³-hybridized carbons (Fsp3) is 0.545. The molecule has 0 aliphatic rings. The Morgan fingerprint density at radius 2 is 1.60 bits per heavy atom. The van der Waals surface area contributed by atoms with Crippen LogP contribution in [0, 0.1) is 0 Å². The highest BCUT2D eigenvalue weighted by molar-refractivity contribution is 7.80. The van der Waals surface area contributed by atoms with Crippen molar-refractivity contribution in [2.45, 2.75) is 32.1 Å². The molecular formula is C11H15Cl2NS. The lowest BCUT2D eigenvalue weighted by Gasteiger charge is -2.05. The van der Waals surface area contributed by atoms with Crippen LogP contribution in [0.3, 0.4) is 0 Å². The number of pyridine rings is 1. The average Bonchev–Trinajstić information content (AvgIpc) is 2.21. The molecule has 0 fully saturated rings. The predicted molar refractivity (Wildman–Crippen MR) is 70.3 cm³/mol. The number of nitrogens with zero attached hydrogens (tertiary/aromatic N) is 1. The van der Waals surface area contributed by atoms with E-state index in [1.165, 1.54) is 19.3 Å². The molecule has 84 valence electrons. The minimum atomic E-state index is 0.677. The summed E-state index contributed by atoms with van der Waals surface area (Å²) in [5, 5.41) is 1.35. The van der Waals surface area contributed by atoms with Crippen LogP contribution < -0.4 is 0 Å². The number of rotatable bonds is 6. The molecule has 0 aliphatic heterocycles. The van der Waals surface area contributed by atoms with Crippen molar-refractivity contribution in [2.24, 2.45) is 0 Å². The molecule has 0 atom stereocenters. The monoisotopic (exact) mass is 263 g/mol. The first kappa shape index (κ1) is 13.1. The van der Waals surface area contributed by atoms with Gasteiger partial charge < -0.3 is 0 Å². The average molecular weight is 264 g/mol. The molecule has 0 aliphatic carbocycles. The minimum absolute atomic E-state index is 0.677. The van der Waals surface area contributed by atoms with Crippen LogP contribution in [0.1, 0.15) is 31.2 Å². The smallest absolute Gasteiger partial charge is 0.0636 e. The van der Waals surface area contributed by atoms with Crippen LogP contribution in [0.4, 0.5) is 0 Å². The number of halogens is 2. The minimum Gasteiger partial charge on any atom is -0.262 e. The first-order valence-electron chi connectivity index (χ1n) is 5.14. The lowest BCUT2D eigenvalue weighted by Crippen LogP contribution is -1.90. The molecule has 1 aromatic rings. The van der Waals surface area contributed by atoms with Gasteiger partial charge in [-0.2, -0.15) is 12.6 Å². The number of hydrogen-bond donors (Lipinski definition) is 1. The highest BCUT2D eigenvalue weighted by atomic mass is 35.5. The van der Waals surface area contributed by atoms with Crippen LogP contribution in [-0.4, -0.2) is 10.7 Å². The van der Waals surface area contributed by atoms with E-state index in [9.17, 15) is 0 Å². The molecule has 0 saturated heterocycles. The Morgan fingerprint density at radius 1 is 1.00 bits per heavy atom. The number of unbranched alkanes of at least 4 members (excludes halogenated alkanes) is 3. The van der Waals surface area contributed by atoms with Crippen molar-refractivity contribution in [3.63, 3.8) is 0 Å². The van der Waals surface area contributed by atoms with E-state index in [4.69, 9.17) is 23.2 Å². The van der Waals surface area contributed by atoms with Gasteiger partial charge in [0.2, 0.25) is 0 Å². The van der Waals surface area contributed by atoms with Crippen molar-refractivity contribution in [1.29, 1.82) is 0 Å². The molecule has 1 rings (SSSR count). The normalized spacial score (nSPS) is 10.6. The zero-order valence-electron chi connectivity index (χ0n) is 8.55. The van der Waals surface area contributed by atoms with E-state index in [0.29, 0.717) is 10.0 Å². The van der Waals surface area contributed by atoms with Crippen molar-refractivity contribution in [3.05, 3.63) is 28.0 Å². The standard InChI is InChI=1S/C11H15Cl2NS/c12-10-7-14-8-11(13)9(10)5-3-1-2-4-6-15/h7-8,15H,1-6H2. The molecular weight excluding hydrogens is 249 g/mol. The van der Waals surface area contributed by atoms with Gasteiger partial charge in [0.15, 0.2) is 0 Å². The zero-order valence-corrected chi connectivity index (χ0v) is 11.0. The van der Waals surface area contributed by atoms with Gasteiger partial charge in [-0.3, -0.25) is 4.98 Å². The fourth-order valence-corrected chi connectivity index (χ4v) is 2.22. The summed E-state index contributed by atoms with van der Waals surface area (Å²) in [6, 6.07) is 0. The summed E-state index contributed by atoms with van der Waals surface area (Å²) in [5.41, 5.74) is 1.03. The molecule has 0 N–H and O–H groups in total. The Balaban J connectivity index is 2.37. The van der Waals surface area contributed by atoms with Gasteiger partial charge in [-0.15, -0.1) is 0 Å². The lowest BCUT2D eigenvalue weighted by atomic mass is 10.1. The molecule has 0 radical (unpaired) electrons. The van der Waals surface area contributed by atoms with Gasteiger partial charge in [0.25, 0.3) is 0 Å². The maximum absolute atomic E-state index is 6.01. The Morgan fingerprint density at radius 3 is 2.20 bits per heavy atom. The second kappa shape index (κ2) is 7.37. The largest absolute Gasteiger partial charge is 0.262 e. The van der Waals surface area contributed by atoms with E-state index in [2.05, 4.69) is 17.6 Å². The molecule has 0 unspecified atom stereocenters. The quantitative estimate of drug-likeness (QED) is 0.592. The molecule has 0 spiro atoms. The summed E-state index contributed by atoms with van der Waals surface area (Å²) in [6.07, 6.45) is 8.97. The molecule has 15 heavy (non-hydrogen) atoms. The Bertz CT molecular complexity index is 284. The lowest BCUT2D eigenvalue weighted by molar-refractivity contribution is 0.670. The van der Waals surface area contributed by atoms with E-state index in [0.717, 1.165) is 24.2 Å². The van der Waals surface area contributed by atoms with Gasteiger partial charge in [0, 0.05) is 12.4 Å². The second-order valence-corrected chi connectivity index (χ2v) is 4.73. The zero-order chi connectivity index (χ0) is 11.1.